The minimum atomic E-state index is -0.574. The summed E-state index contributed by atoms with van der Waals surface area (Å²) in [6.45, 7) is 6.02. The lowest BCUT2D eigenvalue weighted by Gasteiger charge is -2.22. The molecular weight excluding hydrogens is 318 g/mol. The van der Waals surface area contributed by atoms with Gasteiger partial charge in [-0.25, -0.2) is 4.79 Å². The molecule has 1 fully saturated rings. The predicted octanol–water partition coefficient (Wildman–Crippen LogP) is 2.52. The second kappa shape index (κ2) is 6.67. The zero-order chi connectivity index (χ0) is 18.2. The molecule has 1 aliphatic heterocycles. The summed E-state index contributed by atoms with van der Waals surface area (Å²) in [6.07, 6.45) is 2.16. The molecule has 25 heavy (non-hydrogen) atoms. The monoisotopic (exact) mass is 345 g/mol. The fraction of sp³-hybridized carbons (Fsp3) is 0.579. The minimum absolute atomic E-state index is 0.0750. The van der Waals surface area contributed by atoms with Crippen LogP contribution in [0.4, 0.5) is 10.5 Å². The summed E-state index contributed by atoms with van der Waals surface area (Å²) in [4.78, 5) is 26.3. The molecule has 0 aromatic heterocycles. The number of hydrogen-bond acceptors (Lipinski definition) is 4. The Labute approximate surface area is 148 Å². The van der Waals surface area contributed by atoms with Crippen LogP contribution in [0.15, 0.2) is 18.2 Å². The normalized spacial score (nSPS) is 22.9. The van der Waals surface area contributed by atoms with Crippen molar-refractivity contribution in [2.45, 2.75) is 57.7 Å². The lowest BCUT2D eigenvalue weighted by atomic mass is 10.1. The van der Waals surface area contributed by atoms with Gasteiger partial charge >= 0.3 is 6.09 Å². The Balaban J connectivity index is 1.67. The quantitative estimate of drug-likeness (QED) is 0.883. The first-order valence-electron chi connectivity index (χ1n) is 8.89. The van der Waals surface area contributed by atoms with Gasteiger partial charge in [-0.15, -0.1) is 0 Å². The standard InChI is InChI=1S/C19H27N3O3/c1-19(2,3)25-18(24)21-16-9-10-22(17(16)23)13-6-7-14-12(11-13)5-8-15(14)20-4/h6-7,11,15-16,20H,5,8-10H2,1-4H3,(H,21,24)/t15?,16-/m0/s1. The van der Waals surface area contributed by atoms with Crippen LogP contribution in [0.3, 0.4) is 0 Å². The maximum atomic E-state index is 12.7. The number of anilines is 1. The minimum Gasteiger partial charge on any atom is -0.444 e. The van der Waals surface area contributed by atoms with E-state index in [1.54, 1.807) is 25.7 Å². The van der Waals surface area contributed by atoms with Gasteiger partial charge in [0, 0.05) is 18.3 Å². The number of carbonyl (C=O) groups is 2. The highest BCUT2D eigenvalue weighted by Gasteiger charge is 2.35. The molecule has 1 aromatic rings. The molecule has 1 saturated heterocycles. The van der Waals surface area contributed by atoms with Crippen LogP contribution in [0.1, 0.15) is 50.8 Å². The van der Waals surface area contributed by atoms with Crippen molar-refractivity contribution in [1.29, 1.82) is 0 Å². The molecular formula is C19H27N3O3. The van der Waals surface area contributed by atoms with Gasteiger partial charge in [-0.3, -0.25) is 4.79 Å². The number of nitrogens with zero attached hydrogens (tertiary/aromatic N) is 1. The van der Waals surface area contributed by atoms with E-state index in [-0.39, 0.29) is 5.91 Å². The number of hydrogen-bond donors (Lipinski definition) is 2. The maximum absolute atomic E-state index is 12.7. The number of nitrogens with one attached hydrogen (secondary N) is 2. The molecule has 1 unspecified atom stereocenters. The van der Waals surface area contributed by atoms with Crippen molar-refractivity contribution >= 4 is 17.7 Å². The van der Waals surface area contributed by atoms with Gasteiger partial charge in [0.15, 0.2) is 0 Å². The third-order valence-corrected chi connectivity index (χ3v) is 4.76. The lowest BCUT2D eigenvalue weighted by Crippen LogP contribution is -2.43. The van der Waals surface area contributed by atoms with Gasteiger partial charge < -0.3 is 20.3 Å². The number of ether oxygens (including phenoxy) is 1. The van der Waals surface area contributed by atoms with Crippen molar-refractivity contribution in [3.8, 4) is 0 Å². The van der Waals surface area contributed by atoms with Crippen molar-refractivity contribution < 1.29 is 14.3 Å². The molecule has 0 radical (unpaired) electrons. The van der Waals surface area contributed by atoms with Crippen LogP contribution in [-0.4, -0.2) is 37.2 Å². The van der Waals surface area contributed by atoms with Crippen LogP contribution < -0.4 is 15.5 Å². The highest BCUT2D eigenvalue weighted by atomic mass is 16.6. The Hall–Kier alpha value is -2.08. The number of fused-ring (bicyclic) bond motifs is 1. The molecule has 136 valence electrons. The zero-order valence-electron chi connectivity index (χ0n) is 15.4. The van der Waals surface area contributed by atoms with Crippen LogP contribution in [-0.2, 0) is 16.0 Å². The molecule has 2 aliphatic rings. The molecule has 2 N–H and O–H groups in total. The number of rotatable bonds is 3. The van der Waals surface area contributed by atoms with Crippen molar-refractivity contribution in [1.82, 2.24) is 10.6 Å². The van der Waals surface area contributed by atoms with Gasteiger partial charge in [-0.2, -0.15) is 0 Å². The molecule has 2 amide bonds. The summed E-state index contributed by atoms with van der Waals surface area (Å²) in [5.41, 5.74) is 2.96. The Kier molecular flexibility index (Phi) is 4.73. The molecule has 0 saturated carbocycles. The van der Waals surface area contributed by atoms with Crippen LogP contribution in [0, 0.1) is 0 Å². The molecule has 0 bridgehead atoms. The fourth-order valence-electron chi connectivity index (χ4n) is 3.59. The Bertz CT molecular complexity index is 681. The molecule has 1 heterocycles. The van der Waals surface area contributed by atoms with Crippen molar-refractivity contribution in [3.05, 3.63) is 29.3 Å². The summed E-state index contributed by atoms with van der Waals surface area (Å²) in [7, 11) is 1.98. The molecule has 1 aliphatic carbocycles. The smallest absolute Gasteiger partial charge is 0.408 e. The van der Waals surface area contributed by atoms with Crippen LogP contribution in [0.25, 0.3) is 0 Å². The van der Waals surface area contributed by atoms with Crippen molar-refractivity contribution in [2.24, 2.45) is 0 Å². The first-order valence-corrected chi connectivity index (χ1v) is 8.89. The topological polar surface area (TPSA) is 70.7 Å². The van der Waals surface area contributed by atoms with Crippen molar-refractivity contribution in [3.63, 3.8) is 0 Å². The molecule has 0 spiro atoms. The Morgan fingerprint density at radius 1 is 1.24 bits per heavy atom. The van der Waals surface area contributed by atoms with Gasteiger partial charge in [0.2, 0.25) is 5.91 Å². The van der Waals surface area contributed by atoms with Crippen LogP contribution >= 0.6 is 0 Å². The van der Waals surface area contributed by atoms with Gasteiger partial charge in [0.05, 0.1) is 0 Å². The largest absolute Gasteiger partial charge is 0.444 e. The highest BCUT2D eigenvalue weighted by Crippen LogP contribution is 2.34. The molecule has 2 atom stereocenters. The zero-order valence-corrected chi connectivity index (χ0v) is 15.4. The first kappa shape index (κ1) is 17.7. The van der Waals surface area contributed by atoms with E-state index >= 15 is 0 Å². The third kappa shape index (κ3) is 3.79. The van der Waals surface area contributed by atoms with Crippen LogP contribution in [0.5, 0.6) is 0 Å². The van der Waals surface area contributed by atoms with E-state index in [0.717, 1.165) is 18.5 Å². The van der Waals surface area contributed by atoms with E-state index in [0.29, 0.717) is 19.0 Å². The predicted molar refractivity (Wildman–Crippen MR) is 96.7 cm³/mol. The second-order valence-corrected chi connectivity index (χ2v) is 7.74. The van der Waals surface area contributed by atoms with Gasteiger partial charge in [0.25, 0.3) is 0 Å². The van der Waals surface area contributed by atoms with E-state index in [9.17, 15) is 9.59 Å². The first-order chi connectivity index (χ1) is 11.8. The summed E-state index contributed by atoms with van der Waals surface area (Å²) in [6, 6.07) is 6.11. The van der Waals surface area contributed by atoms with E-state index in [1.165, 1.54) is 11.1 Å². The van der Waals surface area contributed by atoms with Gasteiger partial charge in [-0.1, -0.05) is 6.07 Å². The lowest BCUT2D eigenvalue weighted by molar-refractivity contribution is -0.118. The summed E-state index contributed by atoms with van der Waals surface area (Å²) >= 11 is 0. The number of benzene rings is 1. The second-order valence-electron chi connectivity index (χ2n) is 7.74. The molecule has 1 aromatic carbocycles. The van der Waals surface area contributed by atoms with Gasteiger partial charge in [-0.05, 0) is 70.3 Å². The Morgan fingerprint density at radius 3 is 2.68 bits per heavy atom. The number of alkyl carbamates (subject to hydrolysis) is 1. The summed E-state index contributed by atoms with van der Waals surface area (Å²) in [5, 5.41) is 6.01. The average molecular weight is 345 g/mol. The maximum Gasteiger partial charge on any atom is 0.408 e. The molecule has 6 heteroatoms. The van der Waals surface area contributed by atoms with E-state index in [2.05, 4.69) is 22.8 Å². The Morgan fingerprint density at radius 2 is 2.00 bits per heavy atom. The highest BCUT2D eigenvalue weighted by molar-refractivity contribution is 6.01. The fourth-order valence-corrected chi connectivity index (χ4v) is 3.59. The van der Waals surface area contributed by atoms with Gasteiger partial charge in [0.1, 0.15) is 11.6 Å². The summed E-state index contributed by atoms with van der Waals surface area (Å²) in [5.74, 6) is -0.0750. The number of aryl methyl sites for hydroxylation is 1. The number of amides is 2. The van der Waals surface area contributed by atoms with Crippen LogP contribution in [0.2, 0.25) is 0 Å². The average Bonchev–Trinajstić information content (AvgIpc) is 3.09. The molecule has 6 nitrogen and oxygen atoms in total. The SMILES string of the molecule is CNC1CCc2cc(N3CC[C@H](NC(=O)OC(C)(C)C)C3=O)ccc21. The summed E-state index contributed by atoms with van der Waals surface area (Å²) < 4.78 is 5.25. The van der Waals surface area contributed by atoms with E-state index < -0.39 is 17.7 Å². The van der Waals surface area contributed by atoms with E-state index in [4.69, 9.17) is 4.74 Å². The molecule has 3 rings (SSSR count). The number of carbonyl (C=O) groups excluding carboxylic acids is 2. The van der Waals surface area contributed by atoms with Crippen molar-refractivity contribution in [2.75, 3.05) is 18.5 Å². The third-order valence-electron chi connectivity index (χ3n) is 4.76. The van der Waals surface area contributed by atoms with E-state index in [1.807, 2.05) is 13.1 Å².